The summed E-state index contributed by atoms with van der Waals surface area (Å²) in [6.07, 6.45) is -6.89. The summed E-state index contributed by atoms with van der Waals surface area (Å²) in [7, 11) is 2.76. The number of carbonyl (C=O) groups excluding carboxylic acids is 2. The van der Waals surface area contributed by atoms with E-state index in [-0.39, 0.29) is 42.7 Å². The number of rotatable bonds is 12. The smallest absolute Gasteiger partial charge is 0.342 e. The second kappa shape index (κ2) is 13.9. The third-order valence-corrected chi connectivity index (χ3v) is 9.02. The van der Waals surface area contributed by atoms with Gasteiger partial charge in [0.25, 0.3) is 5.91 Å². The predicted molar refractivity (Wildman–Crippen MR) is 155 cm³/mol. The highest BCUT2D eigenvalue weighted by Crippen LogP contribution is 2.42. The Labute approximate surface area is 252 Å². The van der Waals surface area contributed by atoms with Gasteiger partial charge in [-0.2, -0.15) is 0 Å². The molecule has 1 unspecified atom stereocenters. The predicted octanol–water partition coefficient (Wildman–Crippen LogP) is 1.85. The van der Waals surface area contributed by atoms with Gasteiger partial charge >= 0.3 is 5.97 Å². The summed E-state index contributed by atoms with van der Waals surface area (Å²) < 4.78 is 22.7. The van der Waals surface area contributed by atoms with Gasteiger partial charge in [0, 0.05) is 50.9 Å². The largest absolute Gasteiger partial charge is 0.508 e. The Kier molecular flexibility index (Phi) is 11.2. The van der Waals surface area contributed by atoms with Gasteiger partial charge in [0.1, 0.15) is 29.3 Å². The van der Waals surface area contributed by atoms with Crippen LogP contribution in [0, 0.1) is 18.3 Å². The number of methoxy groups -OCH3 is 2. The van der Waals surface area contributed by atoms with E-state index in [9.17, 15) is 35.1 Å². The number of cyclic esters (lactones) is 1. The maximum Gasteiger partial charge on any atom is 0.342 e. The number of hydrogen-bond acceptors (Lipinski definition) is 11. The van der Waals surface area contributed by atoms with Crippen LogP contribution in [0.15, 0.2) is 18.2 Å². The number of aliphatic hydroxyl groups is 3. The summed E-state index contributed by atoms with van der Waals surface area (Å²) in [4.78, 5) is 25.6. The highest BCUT2D eigenvalue weighted by Gasteiger charge is 2.48. The number of carbonyl (C=O) groups is 2. The monoisotopic (exact) mass is 609 g/mol. The summed E-state index contributed by atoms with van der Waals surface area (Å²) >= 11 is 0. The molecule has 1 aromatic carbocycles. The number of hydrogen-bond donors (Lipinski definition) is 6. The fourth-order valence-corrected chi connectivity index (χ4v) is 5.80. The van der Waals surface area contributed by atoms with Crippen molar-refractivity contribution in [1.29, 1.82) is 0 Å². The van der Waals surface area contributed by atoms with E-state index in [0.717, 1.165) is 11.6 Å². The summed E-state index contributed by atoms with van der Waals surface area (Å²) in [6, 6.07) is 1.10. The van der Waals surface area contributed by atoms with E-state index in [4.69, 9.17) is 18.9 Å². The average Bonchev–Trinajstić information content (AvgIpc) is 2.94. The zero-order valence-corrected chi connectivity index (χ0v) is 26.0. The molecule has 1 fully saturated rings. The first-order valence-corrected chi connectivity index (χ1v) is 14.5. The number of aromatic hydroxyl groups is 2. The topological polar surface area (TPSA) is 184 Å². The van der Waals surface area contributed by atoms with Gasteiger partial charge in [0.05, 0.1) is 24.4 Å². The van der Waals surface area contributed by atoms with Crippen LogP contribution in [-0.4, -0.2) is 101 Å². The second-order valence-corrected chi connectivity index (χ2v) is 12.5. The van der Waals surface area contributed by atoms with Gasteiger partial charge in [0.15, 0.2) is 12.3 Å². The first-order valence-electron chi connectivity index (χ1n) is 14.5. The average molecular weight is 610 g/mol. The van der Waals surface area contributed by atoms with Crippen LogP contribution in [0.25, 0.3) is 0 Å². The SMILES string of the molecule is C=C(C)CC(OC)[C@H](O)C(=O)N[C@H](OC)[C@@H]1C[C@@H](O)C(C)(C)[C@@H](C[C@H](O)[C@@H](C)[C@H]2Cc3c(C)c(O)cc(O)c3C(=O)O2)O1. The second-order valence-electron chi connectivity index (χ2n) is 12.5. The van der Waals surface area contributed by atoms with Crippen molar-refractivity contribution in [2.45, 2.75) is 109 Å². The molecule has 0 radical (unpaired) electrons. The lowest BCUT2D eigenvalue weighted by Gasteiger charge is -2.48. The molecule has 3 rings (SSSR count). The third kappa shape index (κ3) is 7.50. The molecule has 0 spiro atoms. The Morgan fingerprint density at radius 2 is 1.84 bits per heavy atom. The lowest BCUT2D eigenvalue weighted by Crippen LogP contribution is -2.59. The molecule has 0 aliphatic carbocycles. The number of phenols is 2. The Morgan fingerprint density at radius 3 is 2.42 bits per heavy atom. The molecule has 2 aliphatic heterocycles. The fourth-order valence-electron chi connectivity index (χ4n) is 5.80. The molecule has 0 bridgehead atoms. The van der Waals surface area contributed by atoms with Gasteiger partial charge < -0.3 is 49.8 Å². The summed E-state index contributed by atoms with van der Waals surface area (Å²) in [5.41, 5.74) is 0.851. The summed E-state index contributed by atoms with van der Waals surface area (Å²) in [6.45, 7) is 12.6. The molecule has 1 amide bonds. The number of aliphatic hydroxyl groups excluding tert-OH is 3. The van der Waals surface area contributed by atoms with Gasteiger partial charge in [-0.1, -0.05) is 26.3 Å². The van der Waals surface area contributed by atoms with Crippen molar-refractivity contribution in [2.24, 2.45) is 11.3 Å². The van der Waals surface area contributed by atoms with E-state index in [1.54, 1.807) is 20.8 Å². The van der Waals surface area contributed by atoms with Crippen molar-refractivity contribution >= 4 is 11.9 Å². The minimum atomic E-state index is -1.50. The third-order valence-electron chi connectivity index (χ3n) is 9.02. The van der Waals surface area contributed by atoms with E-state index in [2.05, 4.69) is 11.9 Å². The van der Waals surface area contributed by atoms with Crippen LogP contribution in [0.3, 0.4) is 0 Å². The first-order chi connectivity index (χ1) is 20.0. The van der Waals surface area contributed by atoms with Crippen LogP contribution in [0.1, 0.15) is 68.4 Å². The molecule has 0 aromatic heterocycles. The Bertz CT molecular complexity index is 1180. The molecule has 12 heteroatoms. The van der Waals surface area contributed by atoms with Crippen molar-refractivity contribution in [1.82, 2.24) is 5.32 Å². The highest BCUT2D eigenvalue weighted by molar-refractivity contribution is 5.96. The number of nitrogens with one attached hydrogen (secondary N) is 1. The van der Waals surface area contributed by atoms with E-state index in [1.807, 2.05) is 13.8 Å². The number of phenolic OH excluding ortho intramolecular Hbond substituents is 2. The zero-order valence-electron chi connectivity index (χ0n) is 26.0. The standard InChI is InChI=1S/C31H47NO11/c1-14(2)9-22(40-7)27(37)28(38)32-29(41-8)23-13-24(36)31(5,6)25(42-23)12-19(34)16(4)21-10-17-15(3)18(33)11-20(35)26(17)30(39)43-21/h11,16,19,21-25,27,29,33-37H,1,9-10,12-13H2,2-8H3,(H,32,38)/t16-,19+,21-,22?,23+,24-,25-,27+,29-/m1/s1. The maximum atomic E-state index is 12.9. The number of fused-ring (bicyclic) bond motifs is 1. The number of amides is 1. The van der Waals surface area contributed by atoms with Crippen molar-refractivity contribution in [3.05, 3.63) is 34.9 Å². The van der Waals surface area contributed by atoms with Crippen LogP contribution < -0.4 is 5.32 Å². The van der Waals surface area contributed by atoms with Crippen LogP contribution in [-0.2, 0) is 30.2 Å². The van der Waals surface area contributed by atoms with E-state index in [0.29, 0.717) is 11.1 Å². The van der Waals surface area contributed by atoms with Gasteiger partial charge in [-0.15, -0.1) is 6.58 Å². The number of ether oxygens (including phenoxy) is 4. The van der Waals surface area contributed by atoms with Gasteiger partial charge in [-0.25, -0.2) is 4.79 Å². The van der Waals surface area contributed by atoms with E-state index < -0.39 is 72.2 Å². The lowest BCUT2D eigenvalue weighted by molar-refractivity contribution is -0.217. The molecular formula is C31H47NO11. The molecule has 242 valence electrons. The van der Waals surface area contributed by atoms with Gasteiger partial charge in [0.2, 0.25) is 0 Å². The van der Waals surface area contributed by atoms with Crippen molar-refractivity contribution in [2.75, 3.05) is 14.2 Å². The van der Waals surface area contributed by atoms with Crippen LogP contribution in [0.4, 0.5) is 0 Å². The molecule has 0 saturated carbocycles. The summed E-state index contributed by atoms with van der Waals surface area (Å²) in [5.74, 6) is -2.57. The molecule has 9 atom stereocenters. The number of esters is 1. The molecular weight excluding hydrogens is 562 g/mol. The lowest BCUT2D eigenvalue weighted by atomic mass is 9.73. The molecule has 43 heavy (non-hydrogen) atoms. The van der Waals surface area contributed by atoms with Crippen LogP contribution in [0.2, 0.25) is 0 Å². The van der Waals surface area contributed by atoms with Gasteiger partial charge in [-0.3, -0.25) is 4.79 Å². The van der Waals surface area contributed by atoms with E-state index >= 15 is 0 Å². The van der Waals surface area contributed by atoms with E-state index in [1.165, 1.54) is 14.2 Å². The molecule has 1 aromatic rings. The molecule has 2 aliphatic rings. The first kappa shape index (κ1) is 34.7. The minimum Gasteiger partial charge on any atom is -0.508 e. The number of benzene rings is 1. The molecule has 6 N–H and O–H groups in total. The Morgan fingerprint density at radius 1 is 1.19 bits per heavy atom. The van der Waals surface area contributed by atoms with Crippen molar-refractivity contribution in [3.63, 3.8) is 0 Å². The van der Waals surface area contributed by atoms with Gasteiger partial charge in [-0.05, 0) is 31.4 Å². The molecule has 2 heterocycles. The molecule has 12 nitrogen and oxygen atoms in total. The highest BCUT2D eigenvalue weighted by atomic mass is 16.6. The molecule has 1 saturated heterocycles. The fraction of sp³-hybridized carbons (Fsp3) is 0.677. The van der Waals surface area contributed by atoms with Crippen LogP contribution in [0.5, 0.6) is 11.5 Å². The van der Waals surface area contributed by atoms with Crippen molar-refractivity contribution < 1.29 is 54.1 Å². The van der Waals surface area contributed by atoms with Crippen molar-refractivity contribution in [3.8, 4) is 11.5 Å². The Balaban J connectivity index is 1.73. The van der Waals surface area contributed by atoms with Crippen LogP contribution >= 0.6 is 0 Å². The Hall–Kier alpha value is -2.74. The minimum absolute atomic E-state index is 0.00479. The zero-order chi connectivity index (χ0) is 32.4. The quantitative estimate of drug-likeness (QED) is 0.115. The normalized spacial score (nSPS) is 26.8. The maximum absolute atomic E-state index is 12.9. The summed E-state index contributed by atoms with van der Waals surface area (Å²) in [5, 5.41) is 56.0.